The Morgan fingerprint density at radius 2 is 1.81 bits per heavy atom. The van der Waals surface area contributed by atoms with Gasteiger partial charge in [0.15, 0.2) is 6.29 Å². The van der Waals surface area contributed by atoms with Gasteiger partial charge < -0.3 is 9.47 Å². The molecule has 1 rings (SSSR count). The summed E-state index contributed by atoms with van der Waals surface area (Å²) in [6.45, 7) is 12.2. The van der Waals surface area contributed by atoms with Gasteiger partial charge in [0.2, 0.25) is 0 Å². The van der Waals surface area contributed by atoms with Crippen molar-refractivity contribution in [2.24, 2.45) is 5.92 Å². The van der Waals surface area contributed by atoms with Gasteiger partial charge in [-0.15, -0.1) is 0 Å². The second kappa shape index (κ2) is 7.25. The van der Waals surface area contributed by atoms with E-state index in [1.165, 1.54) is 19.4 Å². The fourth-order valence-corrected chi connectivity index (χ4v) is 2.44. The summed E-state index contributed by atoms with van der Waals surface area (Å²) in [4.78, 5) is 2.50. The quantitative estimate of drug-likeness (QED) is 0.653. The molecule has 0 aromatic carbocycles. The van der Waals surface area contributed by atoms with Gasteiger partial charge in [0.1, 0.15) is 0 Å². The van der Waals surface area contributed by atoms with E-state index in [4.69, 9.17) is 9.47 Å². The molecular formula is C13H27NO2. The summed E-state index contributed by atoms with van der Waals surface area (Å²) < 4.78 is 11.2. The summed E-state index contributed by atoms with van der Waals surface area (Å²) in [6.07, 6.45) is 2.55. The van der Waals surface area contributed by atoms with Crippen LogP contribution in [0, 0.1) is 5.92 Å². The third kappa shape index (κ3) is 4.40. The summed E-state index contributed by atoms with van der Waals surface area (Å²) in [5.74, 6) is 0.865. The molecule has 2 unspecified atom stereocenters. The first-order valence-electron chi connectivity index (χ1n) is 6.64. The smallest absolute Gasteiger partial charge is 0.170 e. The number of rotatable bonds is 6. The van der Waals surface area contributed by atoms with E-state index in [2.05, 4.69) is 18.7 Å². The molecule has 0 bridgehead atoms. The number of hydrogen-bond donors (Lipinski definition) is 0. The third-order valence-electron chi connectivity index (χ3n) is 3.36. The van der Waals surface area contributed by atoms with Crippen molar-refractivity contribution in [2.45, 2.75) is 52.9 Å². The van der Waals surface area contributed by atoms with Crippen molar-refractivity contribution in [3.63, 3.8) is 0 Å². The average Bonchev–Trinajstić information content (AvgIpc) is 2.23. The molecule has 3 nitrogen and oxygen atoms in total. The van der Waals surface area contributed by atoms with Crippen molar-refractivity contribution in [2.75, 3.05) is 26.3 Å². The topological polar surface area (TPSA) is 21.7 Å². The van der Waals surface area contributed by atoms with Gasteiger partial charge in [-0.3, -0.25) is 4.90 Å². The normalized spacial score (nSPS) is 27.6. The zero-order valence-electron chi connectivity index (χ0n) is 11.2. The first kappa shape index (κ1) is 13.9. The Kier molecular flexibility index (Phi) is 6.32. The van der Waals surface area contributed by atoms with Crippen molar-refractivity contribution < 1.29 is 9.47 Å². The van der Waals surface area contributed by atoms with Gasteiger partial charge in [-0.1, -0.05) is 6.92 Å². The van der Waals surface area contributed by atoms with Gasteiger partial charge in [-0.25, -0.2) is 0 Å². The van der Waals surface area contributed by atoms with Gasteiger partial charge in [-0.05, 0) is 46.1 Å². The summed E-state index contributed by atoms with van der Waals surface area (Å²) in [5.41, 5.74) is 0. The van der Waals surface area contributed by atoms with Crippen LogP contribution in [0.25, 0.3) is 0 Å². The molecule has 0 amide bonds. The molecule has 2 atom stereocenters. The van der Waals surface area contributed by atoms with Crippen LogP contribution in [0.3, 0.4) is 0 Å². The predicted octanol–water partition coefficient (Wildman–Crippen LogP) is 2.51. The van der Waals surface area contributed by atoms with Crippen LogP contribution in [0.15, 0.2) is 0 Å². The SMILES string of the molecule is CCOC(CN1CCC(C)CC1C)OCC. The Morgan fingerprint density at radius 1 is 1.19 bits per heavy atom. The minimum Gasteiger partial charge on any atom is -0.352 e. The zero-order chi connectivity index (χ0) is 12.0. The maximum atomic E-state index is 5.60. The molecule has 1 saturated heterocycles. The van der Waals surface area contributed by atoms with Crippen LogP contribution in [0.4, 0.5) is 0 Å². The van der Waals surface area contributed by atoms with Crippen LogP contribution >= 0.6 is 0 Å². The second-order valence-electron chi connectivity index (χ2n) is 4.81. The van der Waals surface area contributed by atoms with Gasteiger partial charge in [-0.2, -0.15) is 0 Å². The highest BCUT2D eigenvalue weighted by Gasteiger charge is 2.25. The zero-order valence-corrected chi connectivity index (χ0v) is 11.2. The number of ether oxygens (including phenoxy) is 2. The summed E-state index contributed by atoms with van der Waals surface area (Å²) in [5, 5.41) is 0. The molecule has 0 spiro atoms. The van der Waals surface area contributed by atoms with E-state index >= 15 is 0 Å². The monoisotopic (exact) mass is 229 g/mol. The van der Waals surface area contributed by atoms with E-state index in [1.54, 1.807) is 0 Å². The molecule has 96 valence electrons. The predicted molar refractivity (Wildman–Crippen MR) is 66.5 cm³/mol. The van der Waals surface area contributed by atoms with Crippen molar-refractivity contribution >= 4 is 0 Å². The molecule has 1 aliphatic heterocycles. The van der Waals surface area contributed by atoms with Crippen LogP contribution in [-0.4, -0.2) is 43.5 Å². The van der Waals surface area contributed by atoms with E-state index in [1.807, 2.05) is 13.8 Å². The number of nitrogens with zero attached hydrogens (tertiary/aromatic N) is 1. The molecule has 3 heteroatoms. The largest absolute Gasteiger partial charge is 0.352 e. The van der Waals surface area contributed by atoms with Crippen molar-refractivity contribution in [3.8, 4) is 0 Å². The third-order valence-corrected chi connectivity index (χ3v) is 3.36. The number of likely N-dealkylation sites (tertiary alicyclic amines) is 1. The molecule has 16 heavy (non-hydrogen) atoms. The highest BCUT2D eigenvalue weighted by Crippen LogP contribution is 2.22. The number of piperidine rings is 1. The Hall–Kier alpha value is -0.120. The molecule has 0 N–H and O–H groups in total. The van der Waals surface area contributed by atoms with Crippen LogP contribution in [0.1, 0.15) is 40.5 Å². The summed E-state index contributed by atoms with van der Waals surface area (Å²) in [7, 11) is 0. The molecule has 0 saturated carbocycles. The maximum absolute atomic E-state index is 5.60. The molecule has 0 radical (unpaired) electrons. The molecule has 0 aromatic heterocycles. The fraction of sp³-hybridized carbons (Fsp3) is 1.00. The van der Waals surface area contributed by atoms with Crippen molar-refractivity contribution in [1.29, 1.82) is 0 Å². The van der Waals surface area contributed by atoms with E-state index in [0.717, 1.165) is 25.7 Å². The Balaban J connectivity index is 2.37. The molecular weight excluding hydrogens is 202 g/mol. The summed E-state index contributed by atoms with van der Waals surface area (Å²) in [6, 6.07) is 0.659. The molecule has 1 heterocycles. The van der Waals surface area contributed by atoms with Gasteiger partial charge in [0.25, 0.3) is 0 Å². The Bertz CT molecular complexity index is 181. The van der Waals surface area contributed by atoms with E-state index in [9.17, 15) is 0 Å². The standard InChI is InChI=1S/C13H27NO2/c1-5-15-13(16-6-2)10-14-8-7-11(3)9-12(14)4/h11-13H,5-10H2,1-4H3. The van der Waals surface area contributed by atoms with Gasteiger partial charge in [0, 0.05) is 25.8 Å². The minimum atomic E-state index is -0.0501. The first-order valence-corrected chi connectivity index (χ1v) is 6.64. The lowest BCUT2D eigenvalue weighted by molar-refractivity contribution is -0.152. The molecule has 0 aliphatic carbocycles. The average molecular weight is 229 g/mol. The highest BCUT2D eigenvalue weighted by molar-refractivity contribution is 4.77. The minimum absolute atomic E-state index is 0.0501. The maximum Gasteiger partial charge on any atom is 0.170 e. The van der Waals surface area contributed by atoms with Crippen LogP contribution < -0.4 is 0 Å². The lowest BCUT2D eigenvalue weighted by Gasteiger charge is -2.38. The molecule has 1 aliphatic rings. The van der Waals surface area contributed by atoms with Crippen LogP contribution in [0.5, 0.6) is 0 Å². The molecule has 1 fully saturated rings. The second-order valence-corrected chi connectivity index (χ2v) is 4.81. The highest BCUT2D eigenvalue weighted by atomic mass is 16.7. The first-order chi connectivity index (χ1) is 7.67. The van der Waals surface area contributed by atoms with E-state index in [0.29, 0.717) is 6.04 Å². The van der Waals surface area contributed by atoms with E-state index in [-0.39, 0.29) is 6.29 Å². The van der Waals surface area contributed by atoms with Gasteiger partial charge in [0.05, 0.1) is 0 Å². The molecule has 0 aromatic rings. The Morgan fingerprint density at radius 3 is 2.31 bits per heavy atom. The van der Waals surface area contributed by atoms with Crippen molar-refractivity contribution in [1.82, 2.24) is 4.90 Å². The fourth-order valence-electron chi connectivity index (χ4n) is 2.44. The number of hydrogen-bond acceptors (Lipinski definition) is 3. The van der Waals surface area contributed by atoms with E-state index < -0.39 is 0 Å². The van der Waals surface area contributed by atoms with Crippen LogP contribution in [-0.2, 0) is 9.47 Å². The lowest BCUT2D eigenvalue weighted by Crippen LogP contribution is -2.45. The lowest BCUT2D eigenvalue weighted by atomic mass is 9.93. The van der Waals surface area contributed by atoms with Gasteiger partial charge >= 0.3 is 0 Å². The summed E-state index contributed by atoms with van der Waals surface area (Å²) >= 11 is 0. The van der Waals surface area contributed by atoms with Crippen LogP contribution in [0.2, 0.25) is 0 Å². The Labute approximate surface area is 100 Å². The van der Waals surface area contributed by atoms with Crippen molar-refractivity contribution in [3.05, 3.63) is 0 Å².